The van der Waals surface area contributed by atoms with Crippen LogP contribution in [0, 0.1) is 0 Å². The zero-order valence-corrected chi connectivity index (χ0v) is 13.3. The highest BCUT2D eigenvalue weighted by Crippen LogP contribution is 2.16. The highest BCUT2D eigenvalue weighted by molar-refractivity contribution is 6.29. The predicted octanol–water partition coefficient (Wildman–Crippen LogP) is 3.71. The molecule has 5 nitrogen and oxygen atoms in total. The highest BCUT2D eigenvalue weighted by Gasteiger charge is 2.15. The van der Waals surface area contributed by atoms with Gasteiger partial charge in [0.2, 0.25) is 0 Å². The zero-order valence-electron chi connectivity index (χ0n) is 12.6. The second kappa shape index (κ2) is 6.23. The molecule has 0 spiro atoms. The molecule has 0 aliphatic heterocycles. The van der Waals surface area contributed by atoms with Gasteiger partial charge < -0.3 is 15.1 Å². The van der Waals surface area contributed by atoms with Crippen molar-refractivity contribution in [3.63, 3.8) is 0 Å². The van der Waals surface area contributed by atoms with Gasteiger partial charge in [-0.1, -0.05) is 0 Å². The van der Waals surface area contributed by atoms with Crippen molar-refractivity contribution in [2.45, 2.75) is 26.3 Å². The molecule has 1 aromatic carbocycles. The Morgan fingerprint density at radius 3 is 2.14 bits per heavy atom. The Kier molecular flexibility index (Phi) is 4.56. The van der Waals surface area contributed by atoms with E-state index < -0.39 is 5.91 Å². The first-order valence-electron chi connectivity index (χ1n) is 6.74. The van der Waals surface area contributed by atoms with E-state index in [0.29, 0.717) is 11.3 Å². The van der Waals surface area contributed by atoms with Gasteiger partial charge in [0, 0.05) is 16.8 Å². The van der Waals surface area contributed by atoms with Crippen LogP contribution in [-0.2, 0) is 0 Å². The van der Waals surface area contributed by atoms with Gasteiger partial charge in [0.15, 0.2) is 11.0 Å². The summed E-state index contributed by atoms with van der Waals surface area (Å²) in [5.41, 5.74) is 0.779. The van der Waals surface area contributed by atoms with Gasteiger partial charge in [0.05, 0.1) is 0 Å². The molecule has 0 bridgehead atoms. The molecule has 2 rings (SSSR count). The molecule has 0 aliphatic carbocycles. The minimum Gasteiger partial charge on any atom is -0.440 e. The molecule has 0 atom stereocenters. The quantitative estimate of drug-likeness (QED) is 0.905. The van der Waals surface area contributed by atoms with Crippen molar-refractivity contribution in [3.8, 4) is 0 Å². The number of rotatable bonds is 3. The number of carbonyl (C=O) groups excluding carboxylic acids is 2. The summed E-state index contributed by atoms with van der Waals surface area (Å²) >= 11 is 5.62. The van der Waals surface area contributed by atoms with Gasteiger partial charge in [-0.2, -0.15) is 0 Å². The van der Waals surface area contributed by atoms with Crippen LogP contribution in [0.3, 0.4) is 0 Å². The first kappa shape index (κ1) is 16.1. The van der Waals surface area contributed by atoms with Crippen molar-refractivity contribution in [3.05, 3.63) is 52.9 Å². The van der Waals surface area contributed by atoms with E-state index in [1.165, 1.54) is 12.1 Å². The molecule has 0 unspecified atom stereocenters. The highest BCUT2D eigenvalue weighted by atomic mass is 35.5. The Morgan fingerprint density at radius 1 is 1.00 bits per heavy atom. The van der Waals surface area contributed by atoms with Crippen LogP contribution < -0.4 is 10.6 Å². The Hall–Kier alpha value is -2.27. The molecular weight excluding hydrogens is 304 g/mol. The Bertz CT molecular complexity index is 684. The molecule has 2 amide bonds. The number of carbonyl (C=O) groups is 2. The van der Waals surface area contributed by atoms with Crippen LogP contribution in [0.4, 0.5) is 5.69 Å². The van der Waals surface area contributed by atoms with Crippen LogP contribution in [0.5, 0.6) is 0 Å². The third-order valence-corrected chi connectivity index (χ3v) is 2.89. The van der Waals surface area contributed by atoms with Crippen molar-refractivity contribution >= 4 is 29.1 Å². The van der Waals surface area contributed by atoms with Crippen molar-refractivity contribution in [1.82, 2.24) is 5.32 Å². The van der Waals surface area contributed by atoms with E-state index in [4.69, 9.17) is 16.0 Å². The van der Waals surface area contributed by atoms with Crippen LogP contribution >= 0.6 is 11.6 Å². The van der Waals surface area contributed by atoms with E-state index in [0.717, 1.165) is 0 Å². The number of amides is 2. The molecule has 0 radical (unpaired) electrons. The monoisotopic (exact) mass is 320 g/mol. The lowest BCUT2D eigenvalue weighted by Crippen LogP contribution is -2.40. The molecule has 0 aliphatic rings. The number of halogens is 1. The SMILES string of the molecule is CC(C)(C)NC(=O)c1ccc(NC(=O)c2ccc(Cl)o2)cc1. The lowest BCUT2D eigenvalue weighted by Gasteiger charge is -2.20. The van der Waals surface area contributed by atoms with E-state index in [1.807, 2.05) is 20.8 Å². The number of hydrogen-bond donors (Lipinski definition) is 2. The van der Waals surface area contributed by atoms with Crippen LogP contribution in [0.15, 0.2) is 40.8 Å². The third kappa shape index (κ3) is 4.36. The van der Waals surface area contributed by atoms with Crippen LogP contribution in [0.25, 0.3) is 0 Å². The maximum absolute atomic E-state index is 12.0. The van der Waals surface area contributed by atoms with Crippen LogP contribution in [0.1, 0.15) is 41.7 Å². The van der Waals surface area contributed by atoms with E-state index in [1.54, 1.807) is 24.3 Å². The summed E-state index contributed by atoms with van der Waals surface area (Å²) in [6.07, 6.45) is 0. The Balaban J connectivity index is 2.03. The van der Waals surface area contributed by atoms with Crippen molar-refractivity contribution in [2.24, 2.45) is 0 Å². The maximum atomic E-state index is 12.0. The molecule has 0 saturated carbocycles. The number of furan rings is 1. The summed E-state index contributed by atoms with van der Waals surface area (Å²) < 4.78 is 5.02. The number of benzene rings is 1. The fourth-order valence-electron chi connectivity index (χ4n) is 1.75. The summed E-state index contributed by atoms with van der Waals surface area (Å²) in [5.74, 6) is -0.443. The van der Waals surface area contributed by atoms with Gasteiger partial charge in [0.25, 0.3) is 11.8 Å². The third-order valence-electron chi connectivity index (χ3n) is 2.69. The second-order valence-electron chi connectivity index (χ2n) is 5.84. The molecule has 1 heterocycles. The molecule has 1 aromatic heterocycles. The predicted molar refractivity (Wildman–Crippen MR) is 85.3 cm³/mol. The van der Waals surface area contributed by atoms with Gasteiger partial charge in [-0.25, -0.2) is 0 Å². The fraction of sp³-hybridized carbons (Fsp3) is 0.250. The average molecular weight is 321 g/mol. The van der Waals surface area contributed by atoms with E-state index in [2.05, 4.69) is 10.6 Å². The van der Waals surface area contributed by atoms with Crippen molar-refractivity contribution in [1.29, 1.82) is 0 Å². The zero-order chi connectivity index (χ0) is 16.3. The number of hydrogen-bond acceptors (Lipinski definition) is 3. The summed E-state index contributed by atoms with van der Waals surface area (Å²) in [6.45, 7) is 5.73. The fourth-order valence-corrected chi connectivity index (χ4v) is 1.89. The summed E-state index contributed by atoms with van der Waals surface area (Å²) in [4.78, 5) is 23.9. The minimum atomic E-state index is -0.404. The first-order chi connectivity index (χ1) is 10.2. The first-order valence-corrected chi connectivity index (χ1v) is 7.12. The smallest absolute Gasteiger partial charge is 0.291 e. The molecule has 116 valence electrons. The molecule has 6 heteroatoms. The van der Waals surface area contributed by atoms with Gasteiger partial charge in [-0.15, -0.1) is 0 Å². The van der Waals surface area contributed by atoms with Gasteiger partial charge >= 0.3 is 0 Å². The number of anilines is 1. The van der Waals surface area contributed by atoms with Gasteiger partial charge in [0.1, 0.15) is 0 Å². The van der Waals surface area contributed by atoms with Crippen molar-refractivity contribution in [2.75, 3.05) is 5.32 Å². The molecule has 2 aromatic rings. The summed E-state index contributed by atoms with van der Waals surface area (Å²) in [7, 11) is 0. The maximum Gasteiger partial charge on any atom is 0.291 e. The largest absolute Gasteiger partial charge is 0.440 e. The summed E-state index contributed by atoms with van der Waals surface area (Å²) in [5, 5.41) is 5.68. The van der Waals surface area contributed by atoms with Gasteiger partial charge in [-0.3, -0.25) is 9.59 Å². The minimum absolute atomic E-state index is 0.125. The molecular formula is C16H17ClN2O3. The summed E-state index contributed by atoms with van der Waals surface area (Å²) in [6, 6.07) is 9.58. The van der Waals surface area contributed by atoms with E-state index in [-0.39, 0.29) is 22.4 Å². The Labute approximate surface area is 133 Å². The van der Waals surface area contributed by atoms with Crippen LogP contribution in [-0.4, -0.2) is 17.4 Å². The lowest BCUT2D eigenvalue weighted by atomic mass is 10.1. The average Bonchev–Trinajstić information content (AvgIpc) is 2.84. The molecule has 22 heavy (non-hydrogen) atoms. The molecule has 0 saturated heterocycles. The lowest BCUT2D eigenvalue weighted by molar-refractivity contribution is 0.0919. The van der Waals surface area contributed by atoms with Gasteiger partial charge in [-0.05, 0) is 68.8 Å². The van der Waals surface area contributed by atoms with E-state index in [9.17, 15) is 9.59 Å². The Morgan fingerprint density at radius 2 is 1.64 bits per heavy atom. The standard InChI is InChI=1S/C16H17ClN2O3/c1-16(2,3)19-14(20)10-4-6-11(7-5-10)18-15(21)12-8-9-13(17)22-12/h4-9H,1-3H3,(H,18,21)(H,19,20). The number of nitrogens with one attached hydrogen (secondary N) is 2. The normalized spacial score (nSPS) is 11.1. The van der Waals surface area contributed by atoms with E-state index >= 15 is 0 Å². The van der Waals surface area contributed by atoms with Crippen LogP contribution in [0.2, 0.25) is 5.22 Å². The molecule has 2 N–H and O–H groups in total. The topological polar surface area (TPSA) is 71.3 Å². The molecule has 0 fully saturated rings. The second-order valence-corrected chi connectivity index (χ2v) is 6.21. The van der Waals surface area contributed by atoms with Crippen molar-refractivity contribution < 1.29 is 14.0 Å².